The van der Waals surface area contributed by atoms with Crippen LogP contribution in [-0.2, 0) is 0 Å². The Morgan fingerprint density at radius 1 is 1.05 bits per heavy atom. The molecule has 0 bridgehead atoms. The van der Waals surface area contributed by atoms with Crippen molar-refractivity contribution in [3.05, 3.63) is 70.6 Å². The first-order valence-corrected chi connectivity index (χ1v) is 7.62. The van der Waals surface area contributed by atoms with E-state index in [2.05, 4.69) is 15.5 Å². The van der Waals surface area contributed by atoms with Gasteiger partial charge in [0.05, 0.1) is 11.9 Å². The molecule has 0 fully saturated rings. The van der Waals surface area contributed by atoms with Gasteiger partial charge in [-0.2, -0.15) is 5.10 Å². The van der Waals surface area contributed by atoms with Crippen molar-refractivity contribution in [2.75, 3.05) is 5.43 Å². The number of rotatable bonds is 4. The van der Waals surface area contributed by atoms with E-state index >= 15 is 0 Å². The van der Waals surface area contributed by atoms with Crippen LogP contribution in [0.3, 0.4) is 0 Å². The smallest absolute Gasteiger partial charge is 0.203 e. The van der Waals surface area contributed by atoms with Crippen LogP contribution in [0.1, 0.15) is 5.56 Å². The summed E-state index contributed by atoms with van der Waals surface area (Å²) in [5, 5.41) is 7.67. The predicted octanol–water partition coefficient (Wildman–Crippen LogP) is 4.91. The number of halogens is 1. The van der Waals surface area contributed by atoms with Gasteiger partial charge in [-0.05, 0) is 17.7 Å². The molecule has 0 unspecified atom stereocenters. The van der Waals surface area contributed by atoms with Crippen molar-refractivity contribution in [2.45, 2.75) is 0 Å². The number of anilines is 1. The van der Waals surface area contributed by atoms with Crippen LogP contribution >= 0.6 is 22.9 Å². The van der Waals surface area contributed by atoms with Crippen molar-refractivity contribution in [1.82, 2.24) is 4.98 Å². The van der Waals surface area contributed by atoms with E-state index < -0.39 is 0 Å². The highest BCUT2D eigenvalue weighted by Crippen LogP contribution is 2.24. The van der Waals surface area contributed by atoms with E-state index in [0.29, 0.717) is 5.02 Å². The number of benzene rings is 2. The lowest BCUT2D eigenvalue weighted by Gasteiger charge is -1.96. The van der Waals surface area contributed by atoms with Gasteiger partial charge in [0.25, 0.3) is 0 Å². The van der Waals surface area contributed by atoms with Gasteiger partial charge in [-0.15, -0.1) is 11.3 Å². The lowest BCUT2D eigenvalue weighted by molar-refractivity contribution is 1.29. The van der Waals surface area contributed by atoms with Crippen molar-refractivity contribution in [2.24, 2.45) is 5.10 Å². The van der Waals surface area contributed by atoms with Gasteiger partial charge in [0, 0.05) is 16.0 Å². The fourth-order valence-electron chi connectivity index (χ4n) is 1.78. The van der Waals surface area contributed by atoms with E-state index in [1.807, 2.05) is 60.0 Å². The van der Waals surface area contributed by atoms with Crippen LogP contribution in [0.15, 0.2) is 65.1 Å². The minimum Gasteiger partial charge on any atom is -0.253 e. The molecule has 0 aliphatic rings. The van der Waals surface area contributed by atoms with E-state index in [-0.39, 0.29) is 0 Å². The van der Waals surface area contributed by atoms with Crippen molar-refractivity contribution >= 4 is 34.3 Å². The molecule has 1 N–H and O–H groups in total. The third-order valence-electron chi connectivity index (χ3n) is 2.82. The molecule has 0 aliphatic carbocycles. The normalized spacial score (nSPS) is 10.9. The largest absolute Gasteiger partial charge is 0.253 e. The Kier molecular flexibility index (Phi) is 4.28. The van der Waals surface area contributed by atoms with Gasteiger partial charge in [-0.3, -0.25) is 5.43 Å². The summed E-state index contributed by atoms with van der Waals surface area (Å²) in [5.74, 6) is 0. The Bertz CT molecular complexity index is 736. The molecule has 104 valence electrons. The summed E-state index contributed by atoms with van der Waals surface area (Å²) in [6.45, 7) is 0. The van der Waals surface area contributed by atoms with Crippen LogP contribution in [0.5, 0.6) is 0 Å². The lowest BCUT2D eigenvalue weighted by Crippen LogP contribution is -1.90. The molecule has 2 aromatic carbocycles. The van der Waals surface area contributed by atoms with Crippen LogP contribution in [0, 0.1) is 0 Å². The van der Waals surface area contributed by atoms with Crippen LogP contribution in [0.25, 0.3) is 11.3 Å². The van der Waals surface area contributed by atoms with Crippen molar-refractivity contribution in [3.63, 3.8) is 0 Å². The molecule has 21 heavy (non-hydrogen) atoms. The Morgan fingerprint density at radius 3 is 2.57 bits per heavy atom. The number of hydrazone groups is 1. The molecule has 0 spiro atoms. The Labute approximate surface area is 131 Å². The average Bonchev–Trinajstić information content (AvgIpc) is 2.99. The summed E-state index contributed by atoms with van der Waals surface area (Å²) in [4.78, 5) is 4.50. The zero-order valence-electron chi connectivity index (χ0n) is 11.0. The summed E-state index contributed by atoms with van der Waals surface area (Å²) < 4.78 is 0. The summed E-state index contributed by atoms with van der Waals surface area (Å²) in [6, 6.07) is 17.5. The van der Waals surface area contributed by atoms with E-state index in [1.54, 1.807) is 6.21 Å². The van der Waals surface area contributed by atoms with Crippen LogP contribution in [0.4, 0.5) is 5.13 Å². The molecule has 0 aliphatic heterocycles. The molecule has 3 nitrogen and oxygen atoms in total. The third-order valence-corrected chi connectivity index (χ3v) is 3.82. The quantitative estimate of drug-likeness (QED) is 0.549. The number of hydrogen-bond donors (Lipinski definition) is 1. The SMILES string of the molecule is Clc1ccc(/C=N/Nc2nc(-c3ccccc3)cs2)cc1. The van der Waals surface area contributed by atoms with Crippen LogP contribution in [-0.4, -0.2) is 11.2 Å². The molecule has 1 aromatic heterocycles. The highest BCUT2D eigenvalue weighted by Gasteiger charge is 2.02. The Morgan fingerprint density at radius 2 is 1.81 bits per heavy atom. The fraction of sp³-hybridized carbons (Fsp3) is 0. The molecule has 0 atom stereocenters. The van der Waals surface area contributed by atoms with Crippen molar-refractivity contribution in [3.8, 4) is 11.3 Å². The highest BCUT2D eigenvalue weighted by molar-refractivity contribution is 7.14. The summed E-state index contributed by atoms with van der Waals surface area (Å²) in [7, 11) is 0. The molecule has 0 amide bonds. The maximum absolute atomic E-state index is 5.83. The number of aromatic nitrogens is 1. The van der Waals surface area contributed by atoms with Gasteiger partial charge in [0.1, 0.15) is 0 Å². The highest BCUT2D eigenvalue weighted by atomic mass is 35.5. The van der Waals surface area contributed by atoms with Crippen molar-refractivity contribution in [1.29, 1.82) is 0 Å². The van der Waals surface area contributed by atoms with Gasteiger partial charge in [-0.1, -0.05) is 54.1 Å². The van der Waals surface area contributed by atoms with Gasteiger partial charge in [0.2, 0.25) is 5.13 Å². The standard InChI is InChI=1S/C16H12ClN3S/c17-14-8-6-12(7-9-14)10-18-20-16-19-15(11-21-16)13-4-2-1-3-5-13/h1-11H,(H,19,20)/b18-10+. The zero-order valence-corrected chi connectivity index (χ0v) is 12.6. The topological polar surface area (TPSA) is 37.3 Å². The second-order valence-electron chi connectivity index (χ2n) is 4.33. The Hall–Kier alpha value is -2.17. The molecule has 0 saturated heterocycles. The van der Waals surface area contributed by atoms with Gasteiger partial charge < -0.3 is 0 Å². The number of thiazole rings is 1. The number of nitrogens with zero attached hydrogens (tertiary/aromatic N) is 2. The molecule has 0 saturated carbocycles. The van der Waals surface area contributed by atoms with Gasteiger partial charge in [-0.25, -0.2) is 4.98 Å². The maximum Gasteiger partial charge on any atom is 0.203 e. The molecule has 1 heterocycles. The Balaban J connectivity index is 1.66. The number of nitrogens with one attached hydrogen (secondary N) is 1. The monoisotopic (exact) mass is 313 g/mol. The third kappa shape index (κ3) is 3.68. The van der Waals surface area contributed by atoms with E-state index in [9.17, 15) is 0 Å². The summed E-state index contributed by atoms with van der Waals surface area (Å²) in [6.07, 6.45) is 1.74. The molecule has 3 rings (SSSR count). The van der Waals surface area contributed by atoms with E-state index in [4.69, 9.17) is 11.6 Å². The van der Waals surface area contributed by atoms with Crippen LogP contribution < -0.4 is 5.43 Å². The first-order valence-electron chi connectivity index (χ1n) is 6.37. The minimum absolute atomic E-state index is 0.715. The fourth-order valence-corrected chi connectivity index (χ4v) is 2.57. The molecular weight excluding hydrogens is 302 g/mol. The second-order valence-corrected chi connectivity index (χ2v) is 5.62. The van der Waals surface area contributed by atoms with Crippen molar-refractivity contribution < 1.29 is 0 Å². The summed E-state index contributed by atoms with van der Waals surface area (Å²) in [5.41, 5.74) is 5.97. The second kappa shape index (κ2) is 6.52. The zero-order chi connectivity index (χ0) is 14.5. The van der Waals surface area contributed by atoms with Gasteiger partial charge in [0.15, 0.2) is 0 Å². The molecule has 0 radical (unpaired) electrons. The number of hydrogen-bond acceptors (Lipinski definition) is 4. The van der Waals surface area contributed by atoms with E-state index in [1.165, 1.54) is 11.3 Å². The lowest BCUT2D eigenvalue weighted by atomic mass is 10.2. The van der Waals surface area contributed by atoms with Gasteiger partial charge >= 0.3 is 0 Å². The molecule has 5 heteroatoms. The first kappa shape index (κ1) is 13.8. The van der Waals surface area contributed by atoms with E-state index in [0.717, 1.165) is 22.0 Å². The average molecular weight is 314 g/mol. The maximum atomic E-state index is 5.83. The minimum atomic E-state index is 0.715. The summed E-state index contributed by atoms with van der Waals surface area (Å²) >= 11 is 7.36. The first-order chi connectivity index (χ1) is 10.3. The predicted molar refractivity (Wildman–Crippen MR) is 90.2 cm³/mol. The van der Waals surface area contributed by atoms with Crippen LogP contribution in [0.2, 0.25) is 5.02 Å². The molecular formula is C16H12ClN3S. The molecule has 3 aromatic rings.